The molecule has 29 heavy (non-hydrogen) atoms. The van der Waals surface area contributed by atoms with Gasteiger partial charge in [-0.3, -0.25) is 4.79 Å². The molecule has 0 fully saturated rings. The van der Waals surface area contributed by atoms with E-state index < -0.39 is 0 Å². The monoisotopic (exact) mass is 422 g/mol. The van der Waals surface area contributed by atoms with E-state index in [9.17, 15) is 4.79 Å². The lowest BCUT2D eigenvalue weighted by Crippen LogP contribution is -2.15. The fourth-order valence-corrected chi connectivity index (χ4v) is 5.35. The number of halogens is 1. The van der Waals surface area contributed by atoms with E-state index in [1.807, 2.05) is 44.2 Å². The summed E-state index contributed by atoms with van der Waals surface area (Å²) in [5.74, 6) is -0.210. The first-order chi connectivity index (χ1) is 13.9. The number of anilines is 1. The van der Waals surface area contributed by atoms with Crippen molar-refractivity contribution in [3.8, 4) is 11.1 Å². The van der Waals surface area contributed by atoms with Gasteiger partial charge in [-0.15, -0.1) is 11.3 Å². The molecule has 0 radical (unpaired) electrons. The van der Waals surface area contributed by atoms with Crippen molar-refractivity contribution in [1.82, 2.24) is 14.8 Å². The van der Waals surface area contributed by atoms with Crippen molar-refractivity contribution in [1.29, 1.82) is 0 Å². The number of pyridine rings is 1. The van der Waals surface area contributed by atoms with Crippen molar-refractivity contribution < 1.29 is 4.79 Å². The minimum atomic E-state index is -0.210. The normalized spacial score (nSPS) is 13.2. The average molecular weight is 423 g/mol. The van der Waals surface area contributed by atoms with Gasteiger partial charge in [0, 0.05) is 21.8 Å². The highest BCUT2D eigenvalue weighted by Gasteiger charge is 2.27. The summed E-state index contributed by atoms with van der Waals surface area (Å²) in [7, 11) is 0. The molecule has 0 saturated carbocycles. The van der Waals surface area contributed by atoms with Gasteiger partial charge in [-0.2, -0.15) is 5.10 Å². The molecule has 1 aliphatic carbocycles. The van der Waals surface area contributed by atoms with Crippen molar-refractivity contribution >= 4 is 44.7 Å². The molecule has 1 aliphatic rings. The van der Waals surface area contributed by atoms with Crippen molar-refractivity contribution in [3.05, 3.63) is 62.9 Å². The highest BCUT2D eigenvalue weighted by molar-refractivity contribution is 7.21. The summed E-state index contributed by atoms with van der Waals surface area (Å²) in [6.45, 7) is 3.74. The number of carbonyl (C=O) groups is 1. The van der Waals surface area contributed by atoms with E-state index in [0.717, 1.165) is 57.7 Å². The molecule has 0 spiro atoms. The second-order valence-corrected chi connectivity index (χ2v) is 8.88. The van der Waals surface area contributed by atoms with Crippen LogP contribution in [0.1, 0.15) is 38.7 Å². The SMILES string of the molecule is Cc1cc(C)n(C(=O)c2sc3nc4c(c(-c5ccc(Cl)cc5)c3c2N)CCC4)n1. The largest absolute Gasteiger partial charge is 0.397 e. The van der Waals surface area contributed by atoms with Crippen LogP contribution in [-0.4, -0.2) is 20.7 Å². The van der Waals surface area contributed by atoms with Crippen LogP contribution in [-0.2, 0) is 12.8 Å². The minimum Gasteiger partial charge on any atom is -0.397 e. The first-order valence-corrected chi connectivity index (χ1v) is 10.7. The number of fused-ring (bicyclic) bond motifs is 2. The summed E-state index contributed by atoms with van der Waals surface area (Å²) in [5.41, 5.74) is 13.1. The number of aryl methyl sites for hydroxylation is 3. The summed E-state index contributed by atoms with van der Waals surface area (Å²) in [4.78, 5) is 19.4. The second-order valence-electron chi connectivity index (χ2n) is 7.44. The summed E-state index contributed by atoms with van der Waals surface area (Å²) in [5, 5.41) is 5.89. The number of nitrogen functional groups attached to an aromatic ring is 1. The smallest absolute Gasteiger partial charge is 0.290 e. The first-order valence-electron chi connectivity index (χ1n) is 9.51. The summed E-state index contributed by atoms with van der Waals surface area (Å²) >= 11 is 7.46. The number of carbonyl (C=O) groups excluding carboxylic acids is 1. The summed E-state index contributed by atoms with van der Waals surface area (Å²) in [6.07, 6.45) is 2.99. The number of nitrogens with two attached hydrogens (primary N) is 1. The number of rotatable bonds is 2. The van der Waals surface area contributed by atoms with Crippen molar-refractivity contribution in [2.24, 2.45) is 0 Å². The number of aromatic nitrogens is 3. The molecule has 0 atom stereocenters. The highest BCUT2D eigenvalue weighted by atomic mass is 35.5. The Kier molecular flexibility index (Phi) is 4.22. The summed E-state index contributed by atoms with van der Waals surface area (Å²) in [6, 6.07) is 9.67. The number of hydrogen-bond donors (Lipinski definition) is 1. The Labute approximate surface area is 177 Å². The molecular formula is C22H19ClN4OS. The molecule has 4 aromatic rings. The van der Waals surface area contributed by atoms with Crippen molar-refractivity contribution in [2.75, 3.05) is 5.73 Å². The van der Waals surface area contributed by atoms with Gasteiger partial charge < -0.3 is 5.73 Å². The molecule has 0 saturated heterocycles. The van der Waals surface area contributed by atoms with Crippen molar-refractivity contribution in [2.45, 2.75) is 33.1 Å². The van der Waals surface area contributed by atoms with E-state index in [-0.39, 0.29) is 5.91 Å². The van der Waals surface area contributed by atoms with E-state index in [1.165, 1.54) is 21.6 Å². The van der Waals surface area contributed by atoms with Crippen LogP contribution in [0.2, 0.25) is 5.02 Å². The van der Waals surface area contributed by atoms with E-state index in [4.69, 9.17) is 22.3 Å². The minimum absolute atomic E-state index is 0.210. The molecule has 0 bridgehead atoms. The van der Waals surface area contributed by atoms with Gasteiger partial charge in [0.25, 0.3) is 5.91 Å². The molecule has 0 amide bonds. The lowest BCUT2D eigenvalue weighted by molar-refractivity contribution is 0.0947. The molecule has 3 aromatic heterocycles. The third kappa shape index (κ3) is 2.86. The van der Waals surface area contributed by atoms with Crippen LogP contribution in [0.3, 0.4) is 0 Å². The molecular weight excluding hydrogens is 404 g/mol. The number of hydrogen-bond acceptors (Lipinski definition) is 5. The zero-order valence-corrected chi connectivity index (χ0v) is 17.7. The quantitative estimate of drug-likeness (QED) is 0.482. The predicted molar refractivity (Wildman–Crippen MR) is 118 cm³/mol. The molecule has 5 rings (SSSR count). The van der Waals surface area contributed by atoms with Crippen LogP contribution in [0, 0.1) is 13.8 Å². The molecule has 1 aromatic carbocycles. The predicted octanol–water partition coefficient (Wildman–Crippen LogP) is 5.19. The van der Waals surface area contributed by atoms with E-state index in [2.05, 4.69) is 5.10 Å². The third-order valence-corrected chi connectivity index (χ3v) is 6.77. The van der Waals surface area contributed by atoms with E-state index >= 15 is 0 Å². The molecule has 3 heterocycles. The Balaban J connectivity index is 1.77. The maximum atomic E-state index is 13.2. The Hall–Kier alpha value is -2.70. The Morgan fingerprint density at radius 2 is 1.97 bits per heavy atom. The fraction of sp³-hybridized carbons (Fsp3) is 0.227. The second kappa shape index (κ2) is 6.68. The number of nitrogens with zero attached hydrogens (tertiary/aromatic N) is 3. The summed E-state index contributed by atoms with van der Waals surface area (Å²) < 4.78 is 1.42. The van der Waals surface area contributed by atoms with Gasteiger partial charge in [0.1, 0.15) is 9.71 Å². The van der Waals surface area contributed by atoms with Crippen molar-refractivity contribution in [3.63, 3.8) is 0 Å². The molecule has 0 unspecified atom stereocenters. The van der Waals surface area contributed by atoms with Crippen LogP contribution in [0.5, 0.6) is 0 Å². The van der Waals surface area contributed by atoms with E-state index in [0.29, 0.717) is 15.6 Å². The van der Waals surface area contributed by atoms with Crippen LogP contribution >= 0.6 is 22.9 Å². The molecule has 146 valence electrons. The van der Waals surface area contributed by atoms with E-state index in [1.54, 1.807) is 0 Å². The molecule has 5 nitrogen and oxygen atoms in total. The van der Waals surface area contributed by atoms with Crippen LogP contribution in [0.25, 0.3) is 21.3 Å². The van der Waals surface area contributed by atoms with Gasteiger partial charge >= 0.3 is 0 Å². The maximum Gasteiger partial charge on any atom is 0.290 e. The Morgan fingerprint density at radius 1 is 1.21 bits per heavy atom. The van der Waals surface area contributed by atoms with Gasteiger partial charge in [-0.25, -0.2) is 9.67 Å². The number of thiophene rings is 1. The standard InChI is InChI=1S/C22H19ClN4OS/c1-11-10-12(2)27(26-11)22(28)20-19(24)18-17(13-6-8-14(23)9-7-13)15-4-3-5-16(15)25-21(18)29-20/h6-10H,3-5,24H2,1-2H3. The van der Waals surface area contributed by atoms with Gasteiger partial charge in [0.05, 0.1) is 11.4 Å². The molecule has 0 aliphatic heterocycles. The zero-order chi connectivity index (χ0) is 20.3. The third-order valence-electron chi connectivity index (χ3n) is 5.43. The van der Waals surface area contributed by atoms with Crippen LogP contribution in [0.4, 0.5) is 5.69 Å². The maximum absolute atomic E-state index is 13.2. The highest BCUT2D eigenvalue weighted by Crippen LogP contribution is 2.44. The zero-order valence-electron chi connectivity index (χ0n) is 16.1. The van der Waals surface area contributed by atoms with Gasteiger partial charge in [-0.05, 0) is 68.0 Å². The Morgan fingerprint density at radius 3 is 2.66 bits per heavy atom. The average Bonchev–Trinajstić information content (AvgIpc) is 3.38. The van der Waals surface area contributed by atoms with Crippen LogP contribution < -0.4 is 5.73 Å². The topological polar surface area (TPSA) is 73.8 Å². The first kappa shape index (κ1) is 18.3. The van der Waals surface area contributed by atoms with Gasteiger partial charge in [0.2, 0.25) is 0 Å². The molecule has 7 heteroatoms. The lowest BCUT2D eigenvalue weighted by Gasteiger charge is -2.11. The lowest BCUT2D eigenvalue weighted by atomic mass is 9.96. The van der Waals surface area contributed by atoms with Gasteiger partial charge in [-0.1, -0.05) is 23.7 Å². The Bertz CT molecular complexity index is 1290. The fourth-order valence-electron chi connectivity index (χ4n) is 4.17. The van der Waals surface area contributed by atoms with Gasteiger partial charge in [0.15, 0.2) is 0 Å². The molecule has 2 N–H and O–H groups in total. The number of benzene rings is 1. The van der Waals surface area contributed by atoms with Crippen LogP contribution in [0.15, 0.2) is 30.3 Å².